The zero-order chi connectivity index (χ0) is 11.4. The van der Waals surface area contributed by atoms with Crippen molar-refractivity contribution >= 4 is 0 Å². The van der Waals surface area contributed by atoms with Crippen LogP contribution in [0, 0.1) is 17.7 Å². The summed E-state index contributed by atoms with van der Waals surface area (Å²) in [5.41, 5.74) is 1.17. The van der Waals surface area contributed by atoms with Gasteiger partial charge in [0.1, 0.15) is 5.82 Å². The summed E-state index contributed by atoms with van der Waals surface area (Å²) in [7, 11) is 0. The van der Waals surface area contributed by atoms with Gasteiger partial charge in [-0.2, -0.15) is 0 Å². The second kappa shape index (κ2) is 5.47. The van der Waals surface area contributed by atoms with Crippen molar-refractivity contribution in [3.63, 3.8) is 0 Å². The Morgan fingerprint density at radius 3 is 2.44 bits per heavy atom. The molecule has 0 spiro atoms. The highest BCUT2D eigenvalue weighted by atomic mass is 19.1. The summed E-state index contributed by atoms with van der Waals surface area (Å²) in [6, 6.07) is 7.08. The third kappa shape index (κ3) is 3.07. The Labute approximate surface area is 97.9 Å². The van der Waals surface area contributed by atoms with Gasteiger partial charge in [-0.3, -0.25) is 0 Å². The second-order valence-electron chi connectivity index (χ2n) is 5.13. The number of hydrogen-bond acceptors (Lipinski definition) is 0. The predicted molar refractivity (Wildman–Crippen MR) is 65.8 cm³/mol. The summed E-state index contributed by atoms with van der Waals surface area (Å²) in [5.74, 6) is 1.63. The lowest BCUT2D eigenvalue weighted by atomic mass is 9.78. The molecule has 0 bridgehead atoms. The Hall–Kier alpha value is -0.850. The molecular weight excluding hydrogens is 199 g/mol. The molecule has 1 saturated carbocycles. The number of rotatable bonds is 3. The Morgan fingerprint density at radius 2 is 1.81 bits per heavy atom. The monoisotopic (exact) mass is 220 g/mol. The maximum atomic E-state index is 13.0. The molecule has 0 saturated heterocycles. The molecule has 16 heavy (non-hydrogen) atoms. The summed E-state index contributed by atoms with van der Waals surface area (Å²) in [5, 5.41) is 0. The Kier molecular flexibility index (Phi) is 3.98. The minimum atomic E-state index is -0.0975. The van der Waals surface area contributed by atoms with Crippen molar-refractivity contribution in [1.29, 1.82) is 0 Å². The van der Waals surface area contributed by atoms with E-state index in [1.807, 2.05) is 6.07 Å². The molecule has 1 heteroatoms. The zero-order valence-electron chi connectivity index (χ0n) is 10.1. The van der Waals surface area contributed by atoms with Gasteiger partial charge in [-0.25, -0.2) is 4.39 Å². The van der Waals surface area contributed by atoms with Gasteiger partial charge in [0.15, 0.2) is 0 Å². The molecule has 2 rings (SSSR count). The smallest absolute Gasteiger partial charge is 0.123 e. The first kappa shape index (κ1) is 11.6. The van der Waals surface area contributed by atoms with E-state index in [4.69, 9.17) is 0 Å². The fraction of sp³-hybridized carbons (Fsp3) is 0.600. The number of hydrogen-bond donors (Lipinski definition) is 0. The van der Waals surface area contributed by atoms with Crippen molar-refractivity contribution in [2.45, 2.75) is 45.4 Å². The maximum absolute atomic E-state index is 13.0. The van der Waals surface area contributed by atoms with Crippen molar-refractivity contribution in [1.82, 2.24) is 0 Å². The lowest BCUT2D eigenvalue weighted by molar-refractivity contribution is 0.268. The summed E-state index contributed by atoms with van der Waals surface area (Å²) >= 11 is 0. The van der Waals surface area contributed by atoms with E-state index < -0.39 is 0 Å². The van der Waals surface area contributed by atoms with Crippen molar-refractivity contribution in [3.05, 3.63) is 35.6 Å². The predicted octanol–water partition coefficient (Wildman–Crippen LogP) is 4.58. The van der Waals surface area contributed by atoms with Gasteiger partial charge in [0.25, 0.3) is 0 Å². The molecule has 0 N–H and O–H groups in total. The van der Waals surface area contributed by atoms with Crippen LogP contribution in [-0.2, 0) is 6.42 Å². The highest BCUT2D eigenvalue weighted by molar-refractivity contribution is 5.16. The molecule has 0 unspecified atom stereocenters. The lowest BCUT2D eigenvalue weighted by Gasteiger charge is -2.27. The minimum absolute atomic E-state index is 0.0975. The van der Waals surface area contributed by atoms with Gasteiger partial charge in [0.2, 0.25) is 0 Å². The van der Waals surface area contributed by atoms with Crippen LogP contribution in [0.15, 0.2) is 24.3 Å². The van der Waals surface area contributed by atoms with Crippen LogP contribution >= 0.6 is 0 Å². The van der Waals surface area contributed by atoms with Crippen LogP contribution in [0.3, 0.4) is 0 Å². The maximum Gasteiger partial charge on any atom is 0.123 e. The number of halogens is 1. The molecule has 1 aliphatic carbocycles. The van der Waals surface area contributed by atoms with E-state index in [1.165, 1.54) is 43.7 Å². The first-order valence-electron chi connectivity index (χ1n) is 6.52. The highest BCUT2D eigenvalue weighted by Crippen LogP contribution is 2.32. The molecule has 0 aliphatic heterocycles. The summed E-state index contributed by atoms with van der Waals surface area (Å²) < 4.78 is 13.0. The summed E-state index contributed by atoms with van der Waals surface area (Å²) in [6.07, 6.45) is 7.79. The fourth-order valence-electron chi connectivity index (χ4n) is 2.84. The first-order chi connectivity index (χ1) is 7.78. The highest BCUT2D eigenvalue weighted by Gasteiger charge is 2.19. The molecule has 1 aliphatic rings. The van der Waals surface area contributed by atoms with Gasteiger partial charge >= 0.3 is 0 Å². The van der Waals surface area contributed by atoms with Crippen LogP contribution in [0.1, 0.15) is 44.6 Å². The average molecular weight is 220 g/mol. The second-order valence-corrected chi connectivity index (χ2v) is 5.13. The van der Waals surface area contributed by atoms with Crippen LogP contribution in [-0.4, -0.2) is 0 Å². The fourth-order valence-corrected chi connectivity index (χ4v) is 2.84. The van der Waals surface area contributed by atoms with Crippen LogP contribution in [0.5, 0.6) is 0 Å². The Balaban J connectivity index is 1.87. The van der Waals surface area contributed by atoms with Gasteiger partial charge in [-0.1, -0.05) is 38.3 Å². The topological polar surface area (TPSA) is 0 Å². The van der Waals surface area contributed by atoms with Crippen molar-refractivity contribution in [3.8, 4) is 0 Å². The normalized spacial score (nSPS) is 25.6. The molecule has 1 fully saturated rings. The van der Waals surface area contributed by atoms with E-state index in [0.717, 1.165) is 18.3 Å². The van der Waals surface area contributed by atoms with Crippen LogP contribution < -0.4 is 0 Å². The molecule has 0 nitrogen and oxygen atoms in total. The van der Waals surface area contributed by atoms with Crippen LogP contribution in [0.4, 0.5) is 4.39 Å². The average Bonchev–Trinajstić information content (AvgIpc) is 2.30. The standard InChI is InChI=1S/C15H21F/c1-2-12-6-8-13(9-7-12)10-14-4-3-5-15(16)11-14/h3-5,11-13H,2,6-10H2,1H3. The first-order valence-corrected chi connectivity index (χ1v) is 6.52. The van der Waals surface area contributed by atoms with E-state index in [0.29, 0.717) is 0 Å². The van der Waals surface area contributed by atoms with Crippen molar-refractivity contribution < 1.29 is 4.39 Å². The third-order valence-electron chi connectivity index (χ3n) is 3.96. The molecule has 0 heterocycles. The van der Waals surface area contributed by atoms with Crippen LogP contribution in [0.25, 0.3) is 0 Å². The van der Waals surface area contributed by atoms with E-state index in [9.17, 15) is 4.39 Å². The molecule has 1 aromatic rings. The van der Waals surface area contributed by atoms with E-state index >= 15 is 0 Å². The zero-order valence-corrected chi connectivity index (χ0v) is 10.1. The quantitative estimate of drug-likeness (QED) is 0.699. The lowest BCUT2D eigenvalue weighted by Crippen LogP contribution is -2.15. The largest absolute Gasteiger partial charge is 0.207 e. The van der Waals surface area contributed by atoms with Gasteiger partial charge in [-0.15, -0.1) is 0 Å². The van der Waals surface area contributed by atoms with E-state index in [1.54, 1.807) is 6.07 Å². The van der Waals surface area contributed by atoms with Gasteiger partial charge < -0.3 is 0 Å². The molecule has 0 radical (unpaired) electrons. The molecule has 1 aromatic carbocycles. The molecule has 0 amide bonds. The van der Waals surface area contributed by atoms with Crippen LogP contribution in [0.2, 0.25) is 0 Å². The van der Waals surface area contributed by atoms with Crippen molar-refractivity contribution in [2.24, 2.45) is 11.8 Å². The number of benzene rings is 1. The summed E-state index contributed by atoms with van der Waals surface area (Å²) in [6.45, 7) is 2.29. The molecule has 0 aromatic heterocycles. The Morgan fingerprint density at radius 1 is 1.12 bits per heavy atom. The molecule has 0 atom stereocenters. The van der Waals surface area contributed by atoms with Gasteiger partial charge in [0, 0.05) is 0 Å². The Bertz CT molecular complexity index is 324. The summed E-state index contributed by atoms with van der Waals surface area (Å²) in [4.78, 5) is 0. The third-order valence-corrected chi connectivity index (χ3v) is 3.96. The molecule has 88 valence electrons. The molecular formula is C15H21F. The minimum Gasteiger partial charge on any atom is -0.207 e. The van der Waals surface area contributed by atoms with Gasteiger partial charge in [-0.05, 0) is 48.8 Å². The van der Waals surface area contributed by atoms with E-state index in [-0.39, 0.29) is 5.82 Å². The SMILES string of the molecule is CCC1CCC(Cc2cccc(F)c2)CC1. The van der Waals surface area contributed by atoms with E-state index in [2.05, 4.69) is 13.0 Å². The van der Waals surface area contributed by atoms with Crippen molar-refractivity contribution in [2.75, 3.05) is 0 Å². The van der Waals surface area contributed by atoms with Gasteiger partial charge in [0.05, 0.1) is 0 Å².